The van der Waals surface area contributed by atoms with Crippen LogP contribution in [0.4, 0.5) is 0 Å². The summed E-state index contributed by atoms with van der Waals surface area (Å²) in [6.07, 6.45) is 3.06. The number of ketones is 1. The first-order chi connectivity index (χ1) is 15.6. The minimum absolute atomic E-state index is 0.0142. The average Bonchev–Trinajstić information content (AvgIpc) is 3.54. The van der Waals surface area contributed by atoms with Gasteiger partial charge in [-0.25, -0.2) is 0 Å². The van der Waals surface area contributed by atoms with Gasteiger partial charge in [0.05, 0.1) is 31.2 Å². The monoisotopic (exact) mass is 430 g/mol. The van der Waals surface area contributed by atoms with E-state index in [1.807, 2.05) is 0 Å². The van der Waals surface area contributed by atoms with Gasteiger partial charge < -0.3 is 23.6 Å². The first-order valence-electron chi connectivity index (χ1n) is 9.87. The van der Waals surface area contributed by atoms with Crippen molar-refractivity contribution in [3.63, 3.8) is 0 Å². The van der Waals surface area contributed by atoms with Crippen LogP contribution in [0, 0.1) is 0 Å². The van der Waals surface area contributed by atoms with Crippen LogP contribution in [0.3, 0.4) is 0 Å². The number of pyridine rings is 1. The molecule has 0 spiro atoms. The Labute approximate surface area is 182 Å². The molecule has 32 heavy (non-hydrogen) atoms. The van der Waals surface area contributed by atoms with Crippen LogP contribution in [0.15, 0.2) is 87.2 Å². The predicted molar refractivity (Wildman–Crippen MR) is 113 cm³/mol. The quantitative estimate of drug-likeness (QED) is 0.457. The molecule has 1 unspecified atom stereocenters. The smallest absolute Gasteiger partial charge is 0.290 e. The van der Waals surface area contributed by atoms with Crippen molar-refractivity contribution in [3.05, 3.63) is 95.6 Å². The summed E-state index contributed by atoms with van der Waals surface area (Å²) in [5, 5.41) is 11.4. The molecule has 1 atom stereocenters. The first-order valence-corrected chi connectivity index (χ1v) is 9.87. The summed E-state index contributed by atoms with van der Waals surface area (Å²) in [7, 11) is 1.51. The van der Waals surface area contributed by atoms with Crippen molar-refractivity contribution in [2.75, 3.05) is 7.11 Å². The molecule has 4 aromatic rings. The van der Waals surface area contributed by atoms with Gasteiger partial charge in [0.15, 0.2) is 22.9 Å². The molecular formula is C24H18N2O6. The highest BCUT2D eigenvalue weighted by molar-refractivity contribution is 6.16. The second-order valence-corrected chi connectivity index (χ2v) is 7.25. The fraction of sp³-hybridized carbons (Fsp3) is 0.125. The summed E-state index contributed by atoms with van der Waals surface area (Å²) in [5.41, 5.74) is 0.747. The molecule has 1 aliphatic rings. The van der Waals surface area contributed by atoms with Crippen molar-refractivity contribution in [1.29, 1.82) is 0 Å². The summed E-state index contributed by atoms with van der Waals surface area (Å²) in [6, 6.07) is 14.5. The fourth-order valence-corrected chi connectivity index (χ4v) is 3.91. The Hall–Kier alpha value is -4.33. The summed E-state index contributed by atoms with van der Waals surface area (Å²) in [4.78, 5) is 32.2. The maximum atomic E-state index is 13.5. The number of Topliss-reactive ketones (excluding diaryl/α,β-unsaturated/α-hetero) is 1. The number of aromatic nitrogens is 1. The number of rotatable bonds is 6. The van der Waals surface area contributed by atoms with E-state index in [4.69, 9.17) is 13.6 Å². The van der Waals surface area contributed by atoms with E-state index >= 15 is 0 Å². The number of amides is 1. The van der Waals surface area contributed by atoms with E-state index in [9.17, 15) is 14.7 Å². The lowest BCUT2D eigenvalue weighted by molar-refractivity contribution is -0.130. The molecule has 4 heterocycles. The molecule has 0 bridgehead atoms. The van der Waals surface area contributed by atoms with Crippen molar-refractivity contribution in [2.45, 2.75) is 12.6 Å². The highest BCUT2D eigenvalue weighted by Crippen LogP contribution is 2.40. The summed E-state index contributed by atoms with van der Waals surface area (Å²) < 4.78 is 16.5. The van der Waals surface area contributed by atoms with E-state index in [0.29, 0.717) is 28.2 Å². The maximum Gasteiger partial charge on any atom is 0.290 e. The number of aliphatic hydroxyl groups is 1. The van der Waals surface area contributed by atoms with Gasteiger partial charge in [0.2, 0.25) is 5.78 Å². The number of aliphatic hydroxyl groups excluding tert-OH is 1. The van der Waals surface area contributed by atoms with Crippen molar-refractivity contribution < 1.29 is 28.3 Å². The molecular weight excluding hydrogens is 412 g/mol. The summed E-state index contributed by atoms with van der Waals surface area (Å²) in [6.45, 7) is 0.0574. The number of hydrogen-bond donors (Lipinski definition) is 1. The Bertz CT molecular complexity index is 1340. The number of benzene rings is 1. The van der Waals surface area contributed by atoms with Gasteiger partial charge in [0, 0.05) is 11.6 Å². The van der Waals surface area contributed by atoms with Gasteiger partial charge in [-0.3, -0.25) is 14.6 Å². The van der Waals surface area contributed by atoms with E-state index in [0.717, 1.165) is 0 Å². The molecule has 0 saturated heterocycles. The van der Waals surface area contributed by atoms with Crippen LogP contribution in [0.25, 0.3) is 11.0 Å². The largest absolute Gasteiger partial charge is 0.503 e. The molecule has 8 nitrogen and oxygen atoms in total. The number of ether oxygens (including phenoxy) is 1. The number of para-hydroxylation sites is 1. The molecule has 1 amide bonds. The van der Waals surface area contributed by atoms with Crippen molar-refractivity contribution >= 4 is 22.7 Å². The third-order valence-corrected chi connectivity index (χ3v) is 5.37. The van der Waals surface area contributed by atoms with Gasteiger partial charge in [-0.2, -0.15) is 0 Å². The number of carbonyl (C=O) groups excluding carboxylic acids is 2. The van der Waals surface area contributed by atoms with E-state index in [2.05, 4.69) is 4.98 Å². The number of carbonyl (C=O) groups is 2. The van der Waals surface area contributed by atoms with Crippen LogP contribution in [0.2, 0.25) is 0 Å². The summed E-state index contributed by atoms with van der Waals surface area (Å²) in [5.74, 6) is -0.956. The Morgan fingerprint density at radius 2 is 2.06 bits per heavy atom. The highest BCUT2D eigenvalue weighted by atomic mass is 16.5. The number of hydrogen-bond acceptors (Lipinski definition) is 7. The van der Waals surface area contributed by atoms with E-state index < -0.39 is 23.5 Å². The highest BCUT2D eigenvalue weighted by Gasteiger charge is 2.45. The lowest BCUT2D eigenvalue weighted by Crippen LogP contribution is -2.31. The Morgan fingerprint density at radius 1 is 1.19 bits per heavy atom. The zero-order valence-corrected chi connectivity index (χ0v) is 17.0. The molecule has 0 aliphatic carbocycles. The normalized spacial score (nSPS) is 16.2. The van der Waals surface area contributed by atoms with Gasteiger partial charge in [0.1, 0.15) is 11.8 Å². The van der Waals surface area contributed by atoms with E-state index in [1.165, 1.54) is 18.3 Å². The van der Waals surface area contributed by atoms with Crippen LogP contribution in [0.5, 0.6) is 5.75 Å². The molecule has 160 valence electrons. The maximum absolute atomic E-state index is 13.5. The van der Waals surface area contributed by atoms with Crippen molar-refractivity contribution in [3.8, 4) is 5.75 Å². The van der Waals surface area contributed by atoms with Crippen LogP contribution < -0.4 is 4.74 Å². The van der Waals surface area contributed by atoms with Gasteiger partial charge in [-0.05, 0) is 36.4 Å². The molecule has 0 saturated carbocycles. The molecule has 1 N–H and O–H groups in total. The Kier molecular flexibility index (Phi) is 4.74. The predicted octanol–water partition coefficient (Wildman–Crippen LogP) is 4.21. The summed E-state index contributed by atoms with van der Waals surface area (Å²) >= 11 is 0. The molecule has 3 aromatic heterocycles. The SMILES string of the molecule is COc1cccc2cc(C(=O)C3=C(O)C(=O)N(Cc4ccco4)C3c3ccccn3)oc12. The second-order valence-electron chi connectivity index (χ2n) is 7.25. The lowest BCUT2D eigenvalue weighted by atomic mass is 9.98. The minimum Gasteiger partial charge on any atom is -0.503 e. The van der Waals surface area contributed by atoms with Crippen LogP contribution >= 0.6 is 0 Å². The standard InChI is InChI=1S/C24H18N2O6/c1-30-17-9-4-6-14-12-18(32-23(14)17)21(27)19-20(16-8-2-3-10-25-16)26(24(29)22(19)28)13-15-7-5-11-31-15/h2-12,20,28H,13H2,1H3. The average molecular weight is 430 g/mol. The third-order valence-electron chi connectivity index (χ3n) is 5.37. The number of methoxy groups -OCH3 is 1. The second kappa shape index (κ2) is 7.73. The number of fused-ring (bicyclic) bond motifs is 1. The van der Waals surface area contributed by atoms with Crippen LogP contribution in [-0.2, 0) is 11.3 Å². The molecule has 0 fully saturated rings. The fourth-order valence-electron chi connectivity index (χ4n) is 3.91. The van der Waals surface area contributed by atoms with Crippen molar-refractivity contribution in [1.82, 2.24) is 9.88 Å². The third kappa shape index (κ3) is 3.13. The van der Waals surface area contributed by atoms with Crippen LogP contribution in [-0.4, -0.2) is 33.8 Å². The zero-order valence-electron chi connectivity index (χ0n) is 17.0. The van der Waals surface area contributed by atoms with E-state index in [1.54, 1.807) is 60.8 Å². The molecule has 1 aliphatic heterocycles. The Balaban J connectivity index is 1.60. The van der Waals surface area contributed by atoms with Crippen molar-refractivity contribution in [2.24, 2.45) is 0 Å². The van der Waals surface area contributed by atoms with Gasteiger partial charge in [-0.15, -0.1) is 0 Å². The van der Waals surface area contributed by atoms with Crippen LogP contribution in [0.1, 0.15) is 28.1 Å². The van der Waals surface area contributed by atoms with Gasteiger partial charge >= 0.3 is 0 Å². The number of nitrogens with zero attached hydrogens (tertiary/aromatic N) is 2. The molecule has 5 rings (SSSR count). The topological polar surface area (TPSA) is 106 Å². The lowest BCUT2D eigenvalue weighted by Gasteiger charge is -2.24. The van der Waals surface area contributed by atoms with Gasteiger partial charge in [-0.1, -0.05) is 18.2 Å². The molecule has 1 aromatic carbocycles. The minimum atomic E-state index is -0.906. The number of furan rings is 2. The molecule has 0 radical (unpaired) electrons. The molecule has 8 heteroatoms. The first kappa shape index (κ1) is 19.6. The Morgan fingerprint density at radius 3 is 2.78 bits per heavy atom. The van der Waals surface area contributed by atoms with E-state index in [-0.39, 0.29) is 17.9 Å². The van der Waals surface area contributed by atoms with Gasteiger partial charge in [0.25, 0.3) is 5.91 Å². The zero-order chi connectivity index (χ0) is 22.2.